The van der Waals surface area contributed by atoms with Crippen LogP contribution in [0.2, 0.25) is 5.02 Å². The van der Waals surface area contributed by atoms with E-state index in [-0.39, 0.29) is 17.5 Å². The van der Waals surface area contributed by atoms with Crippen LogP contribution in [-0.4, -0.2) is 29.0 Å². The third kappa shape index (κ3) is 5.83. The first-order valence-corrected chi connectivity index (χ1v) is 11.2. The average Bonchev–Trinajstić information content (AvgIpc) is 2.90. The Balaban J connectivity index is 1.54. The van der Waals surface area contributed by atoms with Crippen LogP contribution in [0.5, 0.6) is 11.6 Å². The van der Waals surface area contributed by atoms with Crippen LogP contribution in [0.4, 0.5) is 0 Å². The van der Waals surface area contributed by atoms with Crippen molar-refractivity contribution in [3.8, 4) is 22.9 Å². The zero-order valence-corrected chi connectivity index (χ0v) is 19.8. The maximum Gasteiger partial charge on any atom is 0.337 e. The van der Waals surface area contributed by atoms with Crippen LogP contribution in [0.1, 0.15) is 39.2 Å². The van der Waals surface area contributed by atoms with Crippen molar-refractivity contribution in [2.75, 3.05) is 7.11 Å². The van der Waals surface area contributed by atoms with E-state index in [0.717, 1.165) is 16.8 Å². The van der Waals surface area contributed by atoms with Crippen LogP contribution >= 0.6 is 11.6 Å². The fourth-order valence-corrected chi connectivity index (χ4v) is 3.58. The predicted octanol–water partition coefficient (Wildman–Crippen LogP) is 5.87. The third-order valence-electron chi connectivity index (χ3n) is 5.25. The molecule has 4 rings (SSSR count). The number of nitrogens with one attached hydrogen (secondary N) is 1. The summed E-state index contributed by atoms with van der Waals surface area (Å²) in [6, 6.07) is 21.0. The molecule has 0 unspecified atom stereocenters. The molecule has 7 nitrogen and oxygen atoms in total. The molecule has 0 saturated carbocycles. The minimum atomic E-state index is -0.424. The molecule has 35 heavy (non-hydrogen) atoms. The van der Waals surface area contributed by atoms with Crippen LogP contribution < -0.4 is 10.1 Å². The second-order valence-electron chi connectivity index (χ2n) is 7.66. The number of halogens is 1. The van der Waals surface area contributed by atoms with Gasteiger partial charge in [0.25, 0.3) is 5.91 Å². The number of nitrogens with zero attached hydrogens (tertiary/aromatic N) is 2. The summed E-state index contributed by atoms with van der Waals surface area (Å²) >= 11 is 6.13. The van der Waals surface area contributed by atoms with E-state index in [1.54, 1.807) is 36.5 Å². The molecular weight excluding hydrogens is 466 g/mol. The summed E-state index contributed by atoms with van der Waals surface area (Å²) in [6.45, 7) is 1.83. The normalized spacial score (nSPS) is 11.4. The van der Waals surface area contributed by atoms with Gasteiger partial charge in [-0.05, 0) is 55.0 Å². The van der Waals surface area contributed by atoms with Gasteiger partial charge in [-0.2, -0.15) is 0 Å². The van der Waals surface area contributed by atoms with E-state index in [4.69, 9.17) is 21.1 Å². The molecule has 2 heterocycles. The van der Waals surface area contributed by atoms with Gasteiger partial charge in [-0.15, -0.1) is 0 Å². The number of methoxy groups -OCH3 is 1. The number of pyridine rings is 2. The molecule has 4 aromatic rings. The van der Waals surface area contributed by atoms with Gasteiger partial charge < -0.3 is 14.8 Å². The van der Waals surface area contributed by atoms with Crippen molar-refractivity contribution >= 4 is 23.5 Å². The summed E-state index contributed by atoms with van der Waals surface area (Å²) < 4.78 is 10.7. The fraction of sp³-hybridized carbons (Fsp3) is 0.111. The molecule has 176 valence electrons. The molecule has 1 N–H and O–H groups in total. The molecule has 0 saturated heterocycles. The van der Waals surface area contributed by atoms with Crippen LogP contribution in [0.15, 0.2) is 85.2 Å². The van der Waals surface area contributed by atoms with Crippen molar-refractivity contribution in [1.82, 2.24) is 15.3 Å². The molecule has 0 aliphatic carbocycles. The maximum atomic E-state index is 13.1. The van der Waals surface area contributed by atoms with E-state index in [1.165, 1.54) is 19.4 Å². The van der Waals surface area contributed by atoms with Gasteiger partial charge in [0.1, 0.15) is 11.3 Å². The monoisotopic (exact) mass is 487 g/mol. The summed E-state index contributed by atoms with van der Waals surface area (Å²) in [5, 5.41) is 3.23. The van der Waals surface area contributed by atoms with Crippen molar-refractivity contribution in [1.29, 1.82) is 0 Å². The second kappa shape index (κ2) is 10.8. The van der Waals surface area contributed by atoms with E-state index < -0.39 is 11.9 Å². The van der Waals surface area contributed by atoms with Crippen LogP contribution in [0.3, 0.4) is 0 Å². The van der Waals surface area contributed by atoms with Crippen molar-refractivity contribution in [3.05, 3.63) is 107 Å². The molecule has 1 amide bonds. The lowest BCUT2D eigenvalue weighted by Gasteiger charge is -2.16. The molecular formula is C27H22ClN3O4. The highest BCUT2D eigenvalue weighted by Gasteiger charge is 2.19. The minimum absolute atomic E-state index is 0.123. The summed E-state index contributed by atoms with van der Waals surface area (Å²) in [4.78, 5) is 33.4. The molecule has 8 heteroatoms. The van der Waals surface area contributed by atoms with Crippen molar-refractivity contribution in [3.63, 3.8) is 0 Å². The lowest BCUT2D eigenvalue weighted by atomic mass is 10.1. The summed E-state index contributed by atoms with van der Waals surface area (Å²) in [5.41, 5.74) is 3.10. The number of carbonyl (C=O) groups excluding carboxylic acids is 2. The summed E-state index contributed by atoms with van der Waals surface area (Å²) in [6.07, 6.45) is 3.14. The molecule has 0 spiro atoms. The van der Waals surface area contributed by atoms with E-state index in [0.29, 0.717) is 16.3 Å². The SMILES string of the molecule is COC(=O)c1ccc([C@H](C)NC(=O)c2cc(Cl)cnc2Oc2cccc(-c3ccccn3)c2)cc1. The number of carbonyl (C=O) groups is 2. The van der Waals surface area contributed by atoms with Gasteiger partial charge in [0.05, 0.1) is 29.4 Å². The number of hydrogen-bond donors (Lipinski definition) is 1. The highest BCUT2D eigenvalue weighted by molar-refractivity contribution is 6.30. The van der Waals surface area contributed by atoms with Crippen LogP contribution in [0, 0.1) is 0 Å². The zero-order chi connectivity index (χ0) is 24.8. The van der Waals surface area contributed by atoms with Crippen molar-refractivity contribution in [2.45, 2.75) is 13.0 Å². The van der Waals surface area contributed by atoms with Gasteiger partial charge in [-0.25, -0.2) is 9.78 Å². The first kappa shape index (κ1) is 23.9. The Morgan fingerprint density at radius 3 is 2.49 bits per heavy atom. The first-order valence-electron chi connectivity index (χ1n) is 10.8. The van der Waals surface area contributed by atoms with Gasteiger partial charge in [0.15, 0.2) is 0 Å². The lowest BCUT2D eigenvalue weighted by molar-refractivity contribution is 0.0600. The minimum Gasteiger partial charge on any atom is -0.465 e. The zero-order valence-electron chi connectivity index (χ0n) is 19.1. The van der Waals surface area contributed by atoms with Gasteiger partial charge in [-0.1, -0.05) is 41.9 Å². The standard InChI is InChI=1S/C27H22ClN3O4/c1-17(18-9-11-19(12-10-18)27(33)34-2)31-25(32)23-15-21(28)16-30-26(23)35-22-7-5-6-20(14-22)24-8-3-4-13-29-24/h3-17H,1-2H3,(H,31,32)/t17-/m0/s1. The number of amides is 1. The Hall–Kier alpha value is -4.23. The van der Waals surface area contributed by atoms with E-state index in [1.807, 2.05) is 43.3 Å². The largest absolute Gasteiger partial charge is 0.465 e. The number of aromatic nitrogens is 2. The van der Waals surface area contributed by atoms with Gasteiger partial charge in [0, 0.05) is 18.0 Å². The second-order valence-corrected chi connectivity index (χ2v) is 8.10. The van der Waals surface area contributed by atoms with Crippen LogP contribution in [-0.2, 0) is 4.74 Å². The fourth-order valence-electron chi connectivity index (χ4n) is 3.42. The van der Waals surface area contributed by atoms with Gasteiger partial charge in [-0.3, -0.25) is 9.78 Å². The molecule has 0 aliphatic heterocycles. The van der Waals surface area contributed by atoms with Crippen LogP contribution in [0.25, 0.3) is 11.3 Å². The Kier molecular flexibility index (Phi) is 7.38. The highest BCUT2D eigenvalue weighted by atomic mass is 35.5. The first-order chi connectivity index (χ1) is 16.9. The predicted molar refractivity (Wildman–Crippen MR) is 133 cm³/mol. The summed E-state index contributed by atoms with van der Waals surface area (Å²) in [7, 11) is 1.33. The molecule has 2 aromatic carbocycles. The van der Waals surface area contributed by atoms with E-state index >= 15 is 0 Å². The Morgan fingerprint density at radius 2 is 1.77 bits per heavy atom. The Morgan fingerprint density at radius 1 is 0.971 bits per heavy atom. The summed E-state index contributed by atoms with van der Waals surface area (Å²) in [5.74, 6) is -0.200. The number of esters is 1. The number of rotatable bonds is 7. The van der Waals surface area contributed by atoms with E-state index in [9.17, 15) is 9.59 Å². The molecule has 2 aromatic heterocycles. The average molecular weight is 488 g/mol. The highest BCUT2D eigenvalue weighted by Crippen LogP contribution is 2.29. The smallest absolute Gasteiger partial charge is 0.337 e. The maximum absolute atomic E-state index is 13.1. The molecule has 0 radical (unpaired) electrons. The van der Waals surface area contributed by atoms with Crippen molar-refractivity contribution in [2.24, 2.45) is 0 Å². The van der Waals surface area contributed by atoms with Gasteiger partial charge in [0.2, 0.25) is 5.88 Å². The molecule has 1 atom stereocenters. The Labute approximate surface area is 207 Å². The number of hydrogen-bond acceptors (Lipinski definition) is 6. The number of ether oxygens (including phenoxy) is 2. The van der Waals surface area contributed by atoms with E-state index in [2.05, 4.69) is 15.3 Å². The van der Waals surface area contributed by atoms with Gasteiger partial charge >= 0.3 is 5.97 Å². The van der Waals surface area contributed by atoms with Crippen molar-refractivity contribution < 1.29 is 19.1 Å². The molecule has 0 fully saturated rings. The Bertz CT molecular complexity index is 1340. The lowest BCUT2D eigenvalue weighted by Crippen LogP contribution is -2.27. The number of benzene rings is 2. The third-order valence-corrected chi connectivity index (χ3v) is 5.46. The molecule has 0 bridgehead atoms. The topological polar surface area (TPSA) is 90.4 Å². The quantitative estimate of drug-likeness (QED) is 0.328. The molecule has 0 aliphatic rings.